The molecule has 158 valence electrons. The lowest BCUT2D eigenvalue weighted by Gasteiger charge is -2.12. The zero-order valence-electron chi connectivity index (χ0n) is 16.4. The fraction of sp³-hybridized carbons (Fsp3) is 0.400. The van der Waals surface area contributed by atoms with Crippen LogP contribution in [-0.2, 0) is 13.0 Å². The predicted octanol–water partition coefficient (Wildman–Crippen LogP) is 3.33. The fourth-order valence-corrected chi connectivity index (χ4v) is 2.41. The molecular formula is C20H25F3N4O2. The quantitative estimate of drug-likeness (QED) is 0.490. The van der Waals surface area contributed by atoms with Gasteiger partial charge in [0.2, 0.25) is 5.88 Å². The third-order valence-corrected chi connectivity index (χ3v) is 3.81. The Morgan fingerprint density at radius 2 is 1.86 bits per heavy atom. The van der Waals surface area contributed by atoms with Crippen molar-refractivity contribution < 1.29 is 22.6 Å². The maximum Gasteiger partial charge on any atom is 0.422 e. The zero-order valence-corrected chi connectivity index (χ0v) is 16.4. The number of hydrogen-bond donors (Lipinski definition) is 2. The van der Waals surface area contributed by atoms with Gasteiger partial charge in [0.15, 0.2) is 12.6 Å². The van der Waals surface area contributed by atoms with Gasteiger partial charge in [-0.2, -0.15) is 13.2 Å². The van der Waals surface area contributed by atoms with E-state index in [1.807, 2.05) is 31.2 Å². The number of aromatic nitrogens is 1. The number of methoxy groups -OCH3 is 1. The van der Waals surface area contributed by atoms with Crippen molar-refractivity contribution in [2.24, 2.45) is 4.99 Å². The minimum Gasteiger partial charge on any atom is -0.497 e. The topological polar surface area (TPSA) is 67.8 Å². The Labute approximate surface area is 168 Å². The number of ether oxygens (including phenoxy) is 2. The highest BCUT2D eigenvalue weighted by Gasteiger charge is 2.28. The van der Waals surface area contributed by atoms with Crippen LogP contribution in [0.15, 0.2) is 47.6 Å². The van der Waals surface area contributed by atoms with Gasteiger partial charge >= 0.3 is 6.18 Å². The Kier molecular flexibility index (Phi) is 8.57. The Bertz CT molecular complexity index is 780. The summed E-state index contributed by atoms with van der Waals surface area (Å²) < 4.78 is 46.6. The van der Waals surface area contributed by atoms with Gasteiger partial charge in [-0.15, -0.1) is 0 Å². The van der Waals surface area contributed by atoms with Crippen LogP contribution in [0.25, 0.3) is 0 Å². The molecule has 0 spiro atoms. The molecule has 0 fully saturated rings. The van der Waals surface area contributed by atoms with Gasteiger partial charge in [-0.1, -0.05) is 12.1 Å². The van der Waals surface area contributed by atoms with Gasteiger partial charge in [0.05, 0.1) is 13.7 Å². The molecule has 0 bridgehead atoms. The summed E-state index contributed by atoms with van der Waals surface area (Å²) in [6.45, 7) is 2.22. The van der Waals surface area contributed by atoms with E-state index in [0.29, 0.717) is 24.6 Å². The van der Waals surface area contributed by atoms with E-state index in [0.717, 1.165) is 17.7 Å². The molecule has 29 heavy (non-hydrogen) atoms. The summed E-state index contributed by atoms with van der Waals surface area (Å²) >= 11 is 0. The molecule has 6 nitrogen and oxygen atoms in total. The third-order valence-electron chi connectivity index (χ3n) is 3.81. The molecule has 0 unspecified atom stereocenters. The molecule has 0 saturated heterocycles. The van der Waals surface area contributed by atoms with E-state index in [1.165, 1.54) is 12.3 Å². The van der Waals surface area contributed by atoms with E-state index >= 15 is 0 Å². The molecule has 1 aromatic heterocycles. The number of benzene rings is 1. The zero-order chi connectivity index (χ0) is 21.1. The van der Waals surface area contributed by atoms with Gasteiger partial charge in [-0.3, -0.25) is 0 Å². The molecular weight excluding hydrogens is 385 g/mol. The molecule has 9 heteroatoms. The summed E-state index contributed by atoms with van der Waals surface area (Å²) in [5.41, 5.74) is 1.86. The molecule has 0 amide bonds. The van der Waals surface area contributed by atoms with Gasteiger partial charge in [0.1, 0.15) is 5.75 Å². The Hall–Kier alpha value is -2.97. The van der Waals surface area contributed by atoms with Gasteiger partial charge in [-0.25, -0.2) is 9.98 Å². The van der Waals surface area contributed by atoms with Crippen LogP contribution in [0.3, 0.4) is 0 Å². The van der Waals surface area contributed by atoms with Crippen LogP contribution in [0, 0.1) is 0 Å². The molecule has 0 aliphatic heterocycles. The first-order chi connectivity index (χ1) is 13.9. The largest absolute Gasteiger partial charge is 0.497 e. The number of guanidine groups is 1. The molecule has 0 saturated carbocycles. The highest BCUT2D eigenvalue weighted by atomic mass is 19.4. The molecule has 0 atom stereocenters. The van der Waals surface area contributed by atoms with Gasteiger partial charge < -0.3 is 20.1 Å². The second-order valence-electron chi connectivity index (χ2n) is 6.13. The summed E-state index contributed by atoms with van der Waals surface area (Å²) in [6, 6.07) is 11.0. The summed E-state index contributed by atoms with van der Waals surface area (Å²) in [5, 5.41) is 6.38. The Balaban J connectivity index is 1.89. The number of nitrogens with one attached hydrogen (secondary N) is 2. The lowest BCUT2D eigenvalue weighted by molar-refractivity contribution is -0.154. The van der Waals surface area contributed by atoms with Crippen LogP contribution in [-0.4, -0.2) is 43.9 Å². The maximum absolute atomic E-state index is 12.3. The minimum atomic E-state index is -4.40. The summed E-state index contributed by atoms with van der Waals surface area (Å²) in [6.07, 6.45) is -2.19. The van der Waals surface area contributed by atoms with Crippen molar-refractivity contribution in [2.75, 3.05) is 26.8 Å². The van der Waals surface area contributed by atoms with Crippen molar-refractivity contribution in [1.29, 1.82) is 0 Å². The van der Waals surface area contributed by atoms with E-state index in [2.05, 4.69) is 25.3 Å². The van der Waals surface area contributed by atoms with Crippen LogP contribution in [0.4, 0.5) is 13.2 Å². The summed E-state index contributed by atoms with van der Waals surface area (Å²) in [5.74, 6) is 1.36. The number of hydrogen-bond acceptors (Lipinski definition) is 4. The number of rotatable bonds is 9. The standard InChI is InChI=1S/C20H25F3N4O2/c1-3-24-19(26-11-8-15-4-6-17(28-2)7-5-15)27-13-16-9-10-25-18(12-16)29-14-20(21,22)23/h4-7,9-10,12H,3,8,11,13-14H2,1-2H3,(H2,24,26,27). The van der Waals surface area contributed by atoms with Gasteiger partial charge in [-0.05, 0) is 42.7 Å². The van der Waals surface area contributed by atoms with E-state index in [4.69, 9.17) is 4.74 Å². The molecule has 1 aromatic carbocycles. The average Bonchev–Trinajstić information content (AvgIpc) is 2.71. The van der Waals surface area contributed by atoms with Crippen molar-refractivity contribution >= 4 is 5.96 Å². The fourth-order valence-electron chi connectivity index (χ4n) is 2.41. The third kappa shape index (κ3) is 8.71. The monoisotopic (exact) mass is 410 g/mol. The van der Waals surface area contributed by atoms with Gasteiger partial charge in [0.25, 0.3) is 0 Å². The average molecular weight is 410 g/mol. The minimum absolute atomic E-state index is 0.0764. The normalized spacial score (nSPS) is 11.8. The number of alkyl halides is 3. The highest BCUT2D eigenvalue weighted by Crippen LogP contribution is 2.17. The van der Waals surface area contributed by atoms with E-state index in [9.17, 15) is 13.2 Å². The number of pyridine rings is 1. The number of halogens is 3. The molecule has 0 aliphatic carbocycles. The van der Waals surface area contributed by atoms with Crippen LogP contribution in [0.5, 0.6) is 11.6 Å². The van der Waals surface area contributed by atoms with Crippen molar-refractivity contribution in [1.82, 2.24) is 15.6 Å². The first-order valence-electron chi connectivity index (χ1n) is 9.19. The van der Waals surface area contributed by atoms with Crippen LogP contribution < -0.4 is 20.1 Å². The van der Waals surface area contributed by atoms with E-state index < -0.39 is 12.8 Å². The SMILES string of the molecule is CCNC(=NCc1ccnc(OCC(F)(F)F)c1)NCCc1ccc(OC)cc1. The molecule has 2 N–H and O–H groups in total. The highest BCUT2D eigenvalue weighted by molar-refractivity contribution is 5.79. The first-order valence-corrected chi connectivity index (χ1v) is 9.19. The van der Waals surface area contributed by atoms with E-state index in [-0.39, 0.29) is 12.4 Å². The first kappa shape index (κ1) is 22.3. The van der Waals surface area contributed by atoms with Crippen molar-refractivity contribution in [3.63, 3.8) is 0 Å². The smallest absolute Gasteiger partial charge is 0.422 e. The molecule has 0 aliphatic rings. The predicted molar refractivity (Wildman–Crippen MR) is 105 cm³/mol. The van der Waals surface area contributed by atoms with Crippen molar-refractivity contribution in [2.45, 2.75) is 26.1 Å². The molecule has 1 heterocycles. The van der Waals surface area contributed by atoms with Crippen LogP contribution in [0.1, 0.15) is 18.1 Å². The van der Waals surface area contributed by atoms with Gasteiger partial charge in [0, 0.05) is 25.4 Å². The maximum atomic E-state index is 12.3. The lowest BCUT2D eigenvalue weighted by Crippen LogP contribution is -2.38. The van der Waals surface area contributed by atoms with Crippen molar-refractivity contribution in [3.05, 3.63) is 53.7 Å². The summed E-state index contributed by atoms with van der Waals surface area (Å²) in [4.78, 5) is 8.25. The van der Waals surface area contributed by atoms with Crippen LogP contribution >= 0.6 is 0 Å². The molecule has 2 rings (SSSR count). The Morgan fingerprint density at radius 1 is 1.10 bits per heavy atom. The second kappa shape index (κ2) is 11.1. The number of nitrogens with zero attached hydrogens (tertiary/aromatic N) is 2. The van der Waals surface area contributed by atoms with E-state index in [1.54, 1.807) is 13.2 Å². The second-order valence-corrected chi connectivity index (χ2v) is 6.13. The van der Waals surface area contributed by atoms with Crippen molar-refractivity contribution in [3.8, 4) is 11.6 Å². The number of aliphatic imine (C=N–C) groups is 1. The molecule has 0 radical (unpaired) electrons. The lowest BCUT2D eigenvalue weighted by atomic mass is 10.1. The Morgan fingerprint density at radius 3 is 2.52 bits per heavy atom. The molecule has 2 aromatic rings. The summed E-state index contributed by atoms with van der Waals surface area (Å²) in [7, 11) is 1.63. The van der Waals surface area contributed by atoms with Crippen LogP contribution in [0.2, 0.25) is 0 Å².